The number of cyclic esters (lactones) is 1. The summed E-state index contributed by atoms with van der Waals surface area (Å²) >= 11 is 0. The summed E-state index contributed by atoms with van der Waals surface area (Å²) in [7, 11) is 0. The van der Waals surface area contributed by atoms with Crippen molar-refractivity contribution in [1.82, 2.24) is 4.90 Å². The number of hydrogen-bond acceptors (Lipinski definition) is 7. The molecule has 0 amide bonds. The van der Waals surface area contributed by atoms with Gasteiger partial charge in [0, 0.05) is 39.3 Å². The second kappa shape index (κ2) is 11.4. The summed E-state index contributed by atoms with van der Waals surface area (Å²) in [5.74, 6) is -0.820. The predicted octanol–water partition coefficient (Wildman–Crippen LogP) is 0.610. The maximum atomic E-state index is 11.8. The van der Waals surface area contributed by atoms with Gasteiger partial charge in [-0.3, -0.25) is 9.69 Å². The lowest BCUT2D eigenvalue weighted by atomic mass is 10.3. The van der Waals surface area contributed by atoms with Crippen molar-refractivity contribution in [1.29, 1.82) is 0 Å². The molecule has 1 unspecified atom stereocenters. The van der Waals surface area contributed by atoms with Crippen molar-refractivity contribution < 1.29 is 28.5 Å². The molecule has 0 aliphatic carbocycles. The first-order valence-electron chi connectivity index (χ1n) is 7.91. The first-order chi connectivity index (χ1) is 10.7. The third-order valence-electron chi connectivity index (χ3n) is 3.31. The summed E-state index contributed by atoms with van der Waals surface area (Å²) in [5, 5.41) is 0. The Balaban J connectivity index is 2.26. The zero-order chi connectivity index (χ0) is 16.2. The summed E-state index contributed by atoms with van der Waals surface area (Å²) in [6.45, 7) is 8.83. The molecule has 7 nitrogen and oxygen atoms in total. The van der Waals surface area contributed by atoms with Crippen LogP contribution < -0.4 is 0 Å². The van der Waals surface area contributed by atoms with E-state index in [-0.39, 0.29) is 12.4 Å². The van der Waals surface area contributed by atoms with Gasteiger partial charge in [0.1, 0.15) is 0 Å². The zero-order valence-corrected chi connectivity index (χ0v) is 13.5. The fourth-order valence-corrected chi connectivity index (χ4v) is 2.06. The van der Waals surface area contributed by atoms with Crippen molar-refractivity contribution in [2.75, 3.05) is 52.7 Å². The van der Waals surface area contributed by atoms with E-state index in [4.69, 9.17) is 18.9 Å². The molecule has 1 heterocycles. The Morgan fingerprint density at radius 2 is 1.82 bits per heavy atom. The average Bonchev–Trinajstić information content (AvgIpc) is 2.90. The van der Waals surface area contributed by atoms with Crippen LogP contribution in [-0.2, 0) is 28.5 Å². The van der Waals surface area contributed by atoms with Gasteiger partial charge >= 0.3 is 11.9 Å². The first kappa shape index (κ1) is 18.9. The molecule has 0 N–H and O–H groups in total. The second-order valence-electron chi connectivity index (χ2n) is 4.92. The number of carbonyl (C=O) groups excluding carboxylic acids is 2. The van der Waals surface area contributed by atoms with Crippen LogP contribution in [0.15, 0.2) is 0 Å². The Kier molecular flexibility index (Phi) is 9.77. The van der Waals surface area contributed by atoms with E-state index >= 15 is 0 Å². The summed E-state index contributed by atoms with van der Waals surface area (Å²) in [5.41, 5.74) is 0. The number of carbonyl (C=O) groups is 2. The summed E-state index contributed by atoms with van der Waals surface area (Å²) in [4.78, 5) is 25.1. The van der Waals surface area contributed by atoms with Crippen molar-refractivity contribution in [3.05, 3.63) is 0 Å². The molecule has 22 heavy (non-hydrogen) atoms. The highest BCUT2D eigenvalue weighted by atomic mass is 16.6. The molecule has 7 heteroatoms. The van der Waals surface area contributed by atoms with Crippen LogP contribution in [0.2, 0.25) is 0 Å². The van der Waals surface area contributed by atoms with E-state index in [2.05, 4.69) is 4.90 Å². The van der Waals surface area contributed by atoms with E-state index in [1.807, 2.05) is 13.8 Å². The van der Waals surface area contributed by atoms with E-state index in [1.54, 1.807) is 0 Å². The van der Waals surface area contributed by atoms with Crippen molar-refractivity contribution in [3.63, 3.8) is 0 Å². The highest BCUT2D eigenvalue weighted by Crippen LogP contribution is 2.11. The maximum absolute atomic E-state index is 11.8. The molecular formula is C15H27NO6. The van der Waals surface area contributed by atoms with E-state index in [9.17, 15) is 9.59 Å². The lowest BCUT2D eigenvalue weighted by molar-refractivity contribution is -0.160. The van der Waals surface area contributed by atoms with Gasteiger partial charge in [0.15, 0.2) is 0 Å². The molecular weight excluding hydrogens is 290 g/mol. The maximum Gasteiger partial charge on any atom is 0.347 e. The lowest BCUT2D eigenvalue weighted by Crippen LogP contribution is -2.34. The molecule has 0 aromatic carbocycles. The van der Waals surface area contributed by atoms with Crippen LogP contribution in [-0.4, -0.2) is 75.6 Å². The standard InChI is InChI=1S/C15H27NO6/c1-3-19-11-8-16(9-12-20-4-2)7-5-14(17)22-13-6-10-21-15(13)18/h13H,3-12H2,1-2H3. The SMILES string of the molecule is CCOCCN(CCOCC)CCC(=O)OC1CCOC1=O. The number of hydrogen-bond donors (Lipinski definition) is 0. The Hall–Kier alpha value is -1.18. The number of esters is 2. The van der Waals surface area contributed by atoms with Crippen molar-refractivity contribution >= 4 is 11.9 Å². The monoisotopic (exact) mass is 317 g/mol. The van der Waals surface area contributed by atoms with Gasteiger partial charge in [0.05, 0.1) is 26.2 Å². The smallest absolute Gasteiger partial charge is 0.347 e. The molecule has 0 aromatic heterocycles. The minimum Gasteiger partial charge on any atom is -0.463 e. The molecule has 0 radical (unpaired) electrons. The molecule has 1 atom stereocenters. The first-order valence-corrected chi connectivity index (χ1v) is 7.91. The third kappa shape index (κ3) is 7.72. The Morgan fingerprint density at radius 1 is 1.18 bits per heavy atom. The van der Waals surface area contributed by atoms with Crippen molar-refractivity contribution in [3.8, 4) is 0 Å². The van der Waals surface area contributed by atoms with Crippen LogP contribution >= 0.6 is 0 Å². The van der Waals surface area contributed by atoms with E-state index in [0.29, 0.717) is 46.0 Å². The normalized spacial score (nSPS) is 17.8. The summed E-state index contributed by atoms with van der Waals surface area (Å²) < 4.78 is 20.6. The molecule has 0 saturated carbocycles. The Morgan fingerprint density at radius 3 is 2.32 bits per heavy atom. The van der Waals surface area contributed by atoms with Crippen LogP contribution in [0.1, 0.15) is 26.7 Å². The predicted molar refractivity (Wildman–Crippen MR) is 79.5 cm³/mol. The van der Waals surface area contributed by atoms with E-state index < -0.39 is 12.1 Å². The van der Waals surface area contributed by atoms with Crippen LogP contribution in [0.4, 0.5) is 0 Å². The Labute approximate surface area is 131 Å². The minimum absolute atomic E-state index is 0.238. The van der Waals surface area contributed by atoms with Crippen molar-refractivity contribution in [2.24, 2.45) is 0 Å². The minimum atomic E-state index is -0.729. The van der Waals surface area contributed by atoms with E-state index in [0.717, 1.165) is 13.1 Å². The van der Waals surface area contributed by atoms with Crippen LogP contribution in [0, 0.1) is 0 Å². The molecule has 1 fully saturated rings. The largest absolute Gasteiger partial charge is 0.463 e. The molecule has 0 aromatic rings. The molecule has 0 bridgehead atoms. The highest BCUT2D eigenvalue weighted by molar-refractivity contribution is 5.80. The highest BCUT2D eigenvalue weighted by Gasteiger charge is 2.30. The molecule has 1 saturated heterocycles. The fraction of sp³-hybridized carbons (Fsp3) is 0.867. The zero-order valence-electron chi connectivity index (χ0n) is 13.5. The second-order valence-corrected chi connectivity index (χ2v) is 4.92. The topological polar surface area (TPSA) is 74.3 Å². The van der Waals surface area contributed by atoms with Gasteiger partial charge in [-0.15, -0.1) is 0 Å². The lowest BCUT2D eigenvalue weighted by Gasteiger charge is -2.21. The molecule has 1 aliphatic heterocycles. The average molecular weight is 317 g/mol. The van der Waals surface area contributed by atoms with Gasteiger partial charge in [-0.1, -0.05) is 0 Å². The fourth-order valence-electron chi connectivity index (χ4n) is 2.06. The number of ether oxygens (including phenoxy) is 4. The van der Waals surface area contributed by atoms with Gasteiger partial charge < -0.3 is 18.9 Å². The van der Waals surface area contributed by atoms with Gasteiger partial charge in [0.25, 0.3) is 0 Å². The van der Waals surface area contributed by atoms with Crippen molar-refractivity contribution in [2.45, 2.75) is 32.8 Å². The van der Waals surface area contributed by atoms with Crippen LogP contribution in [0.5, 0.6) is 0 Å². The summed E-state index contributed by atoms with van der Waals surface area (Å²) in [6, 6.07) is 0. The number of rotatable bonds is 12. The van der Waals surface area contributed by atoms with Crippen LogP contribution in [0.25, 0.3) is 0 Å². The van der Waals surface area contributed by atoms with Gasteiger partial charge in [-0.2, -0.15) is 0 Å². The molecule has 1 rings (SSSR count). The van der Waals surface area contributed by atoms with Gasteiger partial charge in [0.2, 0.25) is 6.10 Å². The summed E-state index contributed by atoms with van der Waals surface area (Å²) in [6.07, 6.45) is -0.0434. The molecule has 128 valence electrons. The quantitative estimate of drug-likeness (QED) is 0.386. The van der Waals surface area contributed by atoms with Gasteiger partial charge in [-0.25, -0.2) is 4.79 Å². The Bertz CT molecular complexity index is 326. The van der Waals surface area contributed by atoms with Crippen LogP contribution in [0.3, 0.4) is 0 Å². The molecule has 0 spiro atoms. The molecule has 1 aliphatic rings. The van der Waals surface area contributed by atoms with E-state index in [1.165, 1.54) is 0 Å². The van der Waals surface area contributed by atoms with Gasteiger partial charge in [-0.05, 0) is 13.8 Å². The third-order valence-corrected chi connectivity index (χ3v) is 3.31. The number of nitrogens with zero attached hydrogens (tertiary/aromatic N) is 1.